The molecule has 0 saturated heterocycles. The highest BCUT2D eigenvalue weighted by atomic mass is 32.1. The molecule has 5 aromatic rings. The molecule has 134 valence electrons. The van der Waals surface area contributed by atoms with E-state index in [1.807, 2.05) is 11.3 Å². The molecule has 0 aliphatic rings. The maximum Gasteiger partial charge on any atom is 0.141 e. The van der Waals surface area contributed by atoms with Crippen LogP contribution in [0.5, 0.6) is 0 Å². The number of benzene rings is 3. The first kappa shape index (κ1) is 20.2. The first-order valence-electron chi connectivity index (χ1n) is 10.9. The molecule has 2 aromatic heterocycles. The van der Waals surface area contributed by atoms with E-state index in [9.17, 15) is 0 Å². The maximum atomic E-state index is 3.88. The first-order valence-corrected chi connectivity index (χ1v) is 11.7. The Bertz CT molecular complexity index is 1480. The van der Waals surface area contributed by atoms with Crippen LogP contribution in [0, 0.1) is 0 Å². The van der Waals surface area contributed by atoms with Gasteiger partial charge in [-0.2, -0.15) is 0 Å². The molecular weight excluding hydrogens is 370 g/mol. The Morgan fingerprint density at radius 1 is 0.367 bits per heavy atom. The van der Waals surface area contributed by atoms with Gasteiger partial charge in [-0.15, -0.1) is 27.7 Å². The van der Waals surface area contributed by atoms with Crippen LogP contribution in [0.2, 0.25) is 0 Å². The van der Waals surface area contributed by atoms with Crippen LogP contribution in [-0.2, 0) is 0 Å². The zero-order valence-electron chi connectivity index (χ0n) is 19.9. The summed E-state index contributed by atoms with van der Waals surface area (Å²) in [7, 11) is 22.9. The number of nitrogens with one attached hydrogen (secondary N) is 1. The molecule has 30 heavy (non-hydrogen) atoms. The Labute approximate surface area is 191 Å². The molecule has 1 nitrogen and oxygen atoms in total. The maximum absolute atomic E-state index is 3.88. The minimum absolute atomic E-state index is 1.32. The molecule has 2 heterocycles. The summed E-state index contributed by atoms with van der Waals surface area (Å²) in [6.07, 6.45) is 0. The number of thiophene rings is 1. The lowest BCUT2D eigenvalue weighted by molar-refractivity contribution is 1.59. The third-order valence-corrected chi connectivity index (χ3v) is 9.71. The third kappa shape index (κ3) is 2.27. The Morgan fingerprint density at radius 2 is 0.767 bits per heavy atom. The van der Waals surface area contributed by atoms with Gasteiger partial charge in [0.25, 0.3) is 0 Å². The molecule has 0 aliphatic carbocycles. The van der Waals surface area contributed by atoms with Gasteiger partial charge >= 0.3 is 0 Å². The van der Waals surface area contributed by atoms with E-state index in [0.717, 1.165) is 0 Å². The highest BCUT2D eigenvalue weighted by Gasteiger charge is 2.23. The zero-order valence-corrected chi connectivity index (χ0v) is 20.7. The smallest absolute Gasteiger partial charge is 0.141 e. The van der Waals surface area contributed by atoms with Crippen LogP contribution in [0.4, 0.5) is 0 Å². The van der Waals surface area contributed by atoms with E-state index in [1.165, 1.54) is 96.6 Å². The SMILES string of the molecule is Bc1c(B)c(B)c2c([nH]c3c(B)c(B)c4sc5c(B)c(B)c(B)c(B)c5c4c32)c1B. The zero-order chi connectivity index (χ0) is 21.8. The van der Waals surface area contributed by atoms with Gasteiger partial charge in [0.05, 0.1) is 0 Å². The normalized spacial score (nSPS) is 12.0. The summed E-state index contributed by atoms with van der Waals surface area (Å²) in [5.74, 6) is 0. The standard InChI is InChI=1S/C18H21B10NS/c19-5-3-1-2-4-6(20)8(22)10(24)13(27)18(4)30-17(2)14(28)12(26)15(1)29-16(3)11(25)9(23)7(5)21/h29H,19-28H2. The summed E-state index contributed by atoms with van der Waals surface area (Å²) in [5.41, 5.74) is 16.8. The first-order chi connectivity index (χ1) is 14.1. The van der Waals surface area contributed by atoms with Crippen molar-refractivity contribution in [2.45, 2.75) is 0 Å². The van der Waals surface area contributed by atoms with Crippen LogP contribution in [0.15, 0.2) is 0 Å². The summed E-state index contributed by atoms with van der Waals surface area (Å²) >= 11 is 2.00. The van der Waals surface area contributed by atoms with Crippen molar-refractivity contribution in [3.63, 3.8) is 0 Å². The van der Waals surface area contributed by atoms with Gasteiger partial charge in [-0.05, 0) is 5.39 Å². The summed E-state index contributed by atoms with van der Waals surface area (Å²) < 4.78 is 2.93. The number of hydrogen-bond acceptors (Lipinski definition) is 1. The molecule has 0 atom stereocenters. The van der Waals surface area contributed by atoms with Gasteiger partial charge in [0.2, 0.25) is 0 Å². The largest absolute Gasteiger partial charge is 0.355 e. The van der Waals surface area contributed by atoms with Crippen molar-refractivity contribution in [2.24, 2.45) is 0 Å². The highest BCUT2D eigenvalue weighted by molar-refractivity contribution is 7.28. The number of H-pyrrole nitrogens is 1. The van der Waals surface area contributed by atoms with Crippen molar-refractivity contribution in [3.8, 4) is 0 Å². The number of rotatable bonds is 0. The molecular formula is C18H21B10NS. The van der Waals surface area contributed by atoms with E-state index >= 15 is 0 Å². The molecule has 0 aliphatic heterocycles. The number of aromatic amines is 1. The Morgan fingerprint density at radius 3 is 1.40 bits per heavy atom. The molecule has 0 spiro atoms. The summed E-state index contributed by atoms with van der Waals surface area (Å²) in [6, 6.07) is 0. The minimum Gasteiger partial charge on any atom is -0.355 e. The molecule has 0 unspecified atom stereocenters. The highest BCUT2D eigenvalue weighted by Crippen LogP contribution is 2.37. The Hall–Kier alpha value is -1.67. The minimum atomic E-state index is 1.32. The second kappa shape index (κ2) is 6.42. The summed E-state index contributed by atoms with van der Waals surface area (Å²) in [4.78, 5) is 3.88. The number of hydrogen-bond donors (Lipinski definition) is 1. The monoisotopic (exact) mass is 393 g/mol. The van der Waals surface area contributed by atoms with Crippen LogP contribution >= 0.6 is 11.3 Å². The van der Waals surface area contributed by atoms with E-state index < -0.39 is 0 Å². The van der Waals surface area contributed by atoms with Crippen molar-refractivity contribution < 1.29 is 0 Å². The van der Waals surface area contributed by atoms with E-state index in [1.54, 1.807) is 0 Å². The van der Waals surface area contributed by atoms with Crippen LogP contribution in [0.1, 0.15) is 0 Å². The average Bonchev–Trinajstić information content (AvgIpc) is 3.31. The molecule has 0 saturated carbocycles. The second-order valence-electron chi connectivity index (χ2n) is 9.39. The van der Waals surface area contributed by atoms with Crippen molar-refractivity contribution in [2.75, 3.05) is 0 Å². The van der Waals surface area contributed by atoms with Crippen LogP contribution in [0.25, 0.3) is 42.0 Å². The third-order valence-electron chi connectivity index (χ3n) is 8.28. The fourth-order valence-electron chi connectivity index (χ4n) is 5.46. The van der Waals surface area contributed by atoms with Crippen LogP contribution in [-0.4, -0.2) is 83.4 Å². The van der Waals surface area contributed by atoms with Gasteiger partial charge in [-0.3, -0.25) is 0 Å². The molecule has 1 N–H and O–H groups in total. The lowest BCUT2D eigenvalue weighted by Gasteiger charge is -2.14. The molecule has 0 radical (unpaired) electrons. The molecule has 0 amide bonds. The Kier molecular flexibility index (Phi) is 4.33. The average molecular weight is 392 g/mol. The van der Waals surface area contributed by atoms with Crippen molar-refractivity contribution in [3.05, 3.63) is 0 Å². The second-order valence-corrected chi connectivity index (χ2v) is 10.4. The van der Waals surface area contributed by atoms with Gasteiger partial charge in [0.1, 0.15) is 78.5 Å². The lowest BCUT2D eigenvalue weighted by atomic mass is 9.64. The van der Waals surface area contributed by atoms with Gasteiger partial charge in [-0.1, -0.05) is 38.2 Å². The summed E-state index contributed by atoms with van der Waals surface area (Å²) in [6.45, 7) is 0. The fourth-order valence-corrected chi connectivity index (χ4v) is 6.94. The number of aromatic nitrogens is 1. The lowest BCUT2D eigenvalue weighted by Crippen LogP contribution is -2.47. The van der Waals surface area contributed by atoms with E-state index in [0.29, 0.717) is 0 Å². The van der Waals surface area contributed by atoms with Gasteiger partial charge in [-0.25, -0.2) is 0 Å². The topological polar surface area (TPSA) is 15.8 Å². The predicted octanol–water partition coefficient (Wildman–Crippen LogP) is -11.7. The quantitative estimate of drug-likeness (QED) is 0.253. The van der Waals surface area contributed by atoms with Gasteiger partial charge in [0.15, 0.2) is 0 Å². The Balaban J connectivity index is 2.24. The van der Waals surface area contributed by atoms with Crippen molar-refractivity contribution in [1.29, 1.82) is 0 Å². The van der Waals surface area contributed by atoms with E-state index in [4.69, 9.17) is 0 Å². The van der Waals surface area contributed by atoms with Crippen molar-refractivity contribution in [1.82, 2.24) is 4.98 Å². The van der Waals surface area contributed by atoms with Gasteiger partial charge < -0.3 is 4.98 Å². The van der Waals surface area contributed by atoms with E-state index in [2.05, 4.69) is 83.4 Å². The predicted molar refractivity (Wildman–Crippen MR) is 170 cm³/mol. The molecule has 0 bridgehead atoms. The van der Waals surface area contributed by atoms with Gasteiger partial charge in [0, 0.05) is 36.6 Å². The van der Waals surface area contributed by atoms with Crippen LogP contribution in [0.3, 0.4) is 0 Å². The number of fused-ring (bicyclic) bond motifs is 7. The fraction of sp³-hybridized carbons (Fsp3) is 0. The molecule has 3 aromatic carbocycles. The van der Waals surface area contributed by atoms with E-state index in [-0.39, 0.29) is 0 Å². The molecule has 0 fully saturated rings. The molecule has 12 heteroatoms. The van der Waals surface area contributed by atoms with Crippen LogP contribution < -0.4 is 54.6 Å². The molecule has 5 rings (SSSR count). The summed E-state index contributed by atoms with van der Waals surface area (Å²) in [5, 5.41) is 5.80. The van der Waals surface area contributed by atoms with Crippen molar-refractivity contribution >= 4 is 186 Å².